The van der Waals surface area contributed by atoms with Crippen molar-refractivity contribution in [1.82, 2.24) is 0 Å². The molecule has 2 aliphatic heterocycles. The number of Topliss-reactive ketones (excluding diaryl/α,β-unsaturated/α-hetero) is 2. The lowest BCUT2D eigenvalue weighted by Crippen LogP contribution is -2.57. The fraction of sp³-hybridized carbons (Fsp3) is 0.906. The first-order valence-corrected chi connectivity index (χ1v) is 15.1. The largest absolute Gasteiger partial charge is 0.459 e. The summed E-state index contributed by atoms with van der Waals surface area (Å²) >= 11 is 0. The van der Waals surface area contributed by atoms with Gasteiger partial charge < -0.3 is 14.2 Å². The minimum atomic E-state index is -0.788. The van der Waals surface area contributed by atoms with Gasteiger partial charge in [-0.05, 0) is 104 Å². The fourth-order valence-electron chi connectivity index (χ4n) is 9.85. The molecule has 0 radical (unpaired) electrons. The lowest BCUT2D eigenvalue weighted by atomic mass is 9.55. The van der Waals surface area contributed by atoms with Crippen molar-refractivity contribution in [2.75, 3.05) is 0 Å². The summed E-state index contributed by atoms with van der Waals surface area (Å²) in [6, 6.07) is 0. The van der Waals surface area contributed by atoms with E-state index in [1.165, 1.54) is 6.92 Å². The van der Waals surface area contributed by atoms with E-state index in [2.05, 4.69) is 20.8 Å². The molecule has 0 N–H and O–H groups in total. The Hall–Kier alpha value is -1.27. The highest BCUT2D eigenvalue weighted by molar-refractivity contribution is 5.87. The van der Waals surface area contributed by atoms with Crippen LogP contribution in [0.3, 0.4) is 0 Å². The quantitative estimate of drug-likeness (QED) is 0.393. The van der Waals surface area contributed by atoms with Gasteiger partial charge in [-0.1, -0.05) is 13.8 Å². The van der Waals surface area contributed by atoms with Crippen LogP contribution in [0.4, 0.5) is 0 Å². The average molecular weight is 531 g/mol. The summed E-state index contributed by atoms with van der Waals surface area (Å²) in [6.07, 6.45) is 9.59. The molecule has 38 heavy (non-hydrogen) atoms. The fourth-order valence-corrected chi connectivity index (χ4v) is 9.85. The number of hydrogen-bond acceptors (Lipinski definition) is 6. The Morgan fingerprint density at radius 2 is 1.47 bits per heavy atom. The van der Waals surface area contributed by atoms with Crippen LogP contribution in [0.5, 0.6) is 0 Å². The molecule has 5 fully saturated rings. The van der Waals surface area contributed by atoms with Crippen molar-refractivity contribution < 1.29 is 28.6 Å². The van der Waals surface area contributed by atoms with Gasteiger partial charge in [0, 0.05) is 36.5 Å². The van der Waals surface area contributed by atoms with E-state index < -0.39 is 16.8 Å². The number of ketones is 2. The Bertz CT molecular complexity index is 1020. The highest BCUT2D eigenvalue weighted by atomic mass is 16.6. The van der Waals surface area contributed by atoms with Crippen molar-refractivity contribution in [1.29, 1.82) is 0 Å². The third-order valence-electron chi connectivity index (χ3n) is 12.3. The summed E-state index contributed by atoms with van der Waals surface area (Å²) < 4.78 is 19.3. The first kappa shape index (κ1) is 28.3. The molecule has 0 aromatic carbocycles. The molecule has 0 bridgehead atoms. The Balaban J connectivity index is 1.46. The van der Waals surface area contributed by atoms with E-state index in [9.17, 15) is 14.4 Å². The molecule has 1 spiro atoms. The monoisotopic (exact) mass is 530 g/mol. The molecule has 6 nitrogen and oxygen atoms in total. The van der Waals surface area contributed by atoms with E-state index in [4.69, 9.17) is 14.2 Å². The molecular formula is C32H50O6. The molecule has 0 aromatic rings. The van der Waals surface area contributed by atoms with Crippen LogP contribution in [0.25, 0.3) is 0 Å². The zero-order valence-electron chi connectivity index (χ0n) is 25.0. The molecule has 2 saturated heterocycles. The number of carbonyl (C=O) groups is 3. The zero-order valence-corrected chi connectivity index (χ0v) is 25.0. The molecular weight excluding hydrogens is 480 g/mol. The second-order valence-corrected chi connectivity index (χ2v) is 15.1. The van der Waals surface area contributed by atoms with Crippen molar-refractivity contribution in [3.05, 3.63) is 0 Å². The van der Waals surface area contributed by atoms with Gasteiger partial charge in [0.2, 0.25) is 0 Å². The van der Waals surface area contributed by atoms with Crippen molar-refractivity contribution in [2.45, 2.75) is 155 Å². The summed E-state index contributed by atoms with van der Waals surface area (Å²) in [6.45, 7) is 16.0. The lowest BCUT2D eigenvalue weighted by molar-refractivity contribution is -0.212. The average Bonchev–Trinajstić information content (AvgIpc) is 3.52. The molecule has 3 aliphatic carbocycles. The van der Waals surface area contributed by atoms with Crippen molar-refractivity contribution in [3.63, 3.8) is 0 Å². The maximum Gasteiger partial charge on any atom is 0.303 e. The molecule has 5 rings (SSSR count). The van der Waals surface area contributed by atoms with E-state index in [1.807, 2.05) is 27.7 Å². The van der Waals surface area contributed by atoms with Gasteiger partial charge in [-0.2, -0.15) is 0 Å². The Kier molecular flexibility index (Phi) is 6.59. The van der Waals surface area contributed by atoms with Gasteiger partial charge in [0.05, 0.1) is 12.2 Å². The third kappa shape index (κ3) is 4.14. The number of ether oxygens (including phenoxy) is 3. The van der Waals surface area contributed by atoms with Crippen LogP contribution in [0.2, 0.25) is 0 Å². The summed E-state index contributed by atoms with van der Waals surface area (Å²) in [5, 5.41) is 0. The van der Waals surface area contributed by atoms with Crippen LogP contribution >= 0.6 is 0 Å². The molecule has 0 unspecified atom stereocenters. The molecule has 0 amide bonds. The second kappa shape index (κ2) is 8.86. The molecule has 8 atom stereocenters. The Morgan fingerprint density at radius 3 is 2.11 bits per heavy atom. The van der Waals surface area contributed by atoms with Gasteiger partial charge in [-0.3, -0.25) is 14.4 Å². The van der Waals surface area contributed by atoms with Gasteiger partial charge in [-0.25, -0.2) is 0 Å². The van der Waals surface area contributed by atoms with E-state index >= 15 is 0 Å². The highest BCUT2D eigenvalue weighted by Gasteiger charge is 2.75. The van der Waals surface area contributed by atoms with E-state index in [-0.39, 0.29) is 51.9 Å². The van der Waals surface area contributed by atoms with Gasteiger partial charge in [-0.15, -0.1) is 0 Å². The molecule has 5 aliphatic rings. The normalized spacial score (nSPS) is 47.6. The van der Waals surface area contributed by atoms with Crippen LogP contribution in [0, 0.1) is 28.1 Å². The van der Waals surface area contributed by atoms with Crippen LogP contribution < -0.4 is 0 Å². The van der Waals surface area contributed by atoms with E-state index in [1.54, 1.807) is 0 Å². The number of hydrogen-bond donors (Lipinski definition) is 0. The smallest absolute Gasteiger partial charge is 0.303 e. The molecule has 3 saturated carbocycles. The van der Waals surface area contributed by atoms with Crippen molar-refractivity contribution in [3.8, 4) is 0 Å². The third-order valence-corrected chi connectivity index (χ3v) is 12.3. The van der Waals surface area contributed by atoms with Crippen molar-refractivity contribution >= 4 is 17.5 Å². The highest BCUT2D eigenvalue weighted by Crippen LogP contribution is 2.79. The number of carbonyl (C=O) groups excluding carboxylic acids is 3. The second-order valence-electron chi connectivity index (χ2n) is 15.1. The van der Waals surface area contributed by atoms with Gasteiger partial charge >= 0.3 is 5.97 Å². The zero-order chi connectivity index (χ0) is 27.9. The lowest BCUT2D eigenvalue weighted by Gasteiger charge is -2.55. The molecule has 0 aromatic heterocycles. The first-order valence-electron chi connectivity index (χ1n) is 15.1. The van der Waals surface area contributed by atoms with Crippen LogP contribution in [-0.4, -0.2) is 46.5 Å². The standard InChI is InChI=1S/C32H50O6/c1-20-9-10-26-32(18-13-24(35)28(5,6)38-26)19-31(20,32)17-11-22-29(7)15-12-23(34)27(3,4)37-25(29)14-16-30(22,8)36-21(2)33/h20,22,25-26H,9-19H2,1-8H3/t20-,22+,25+,26+,29+,30-,31-,32+/m1/s1. The van der Waals surface area contributed by atoms with Crippen LogP contribution in [0.1, 0.15) is 126 Å². The van der Waals surface area contributed by atoms with Crippen molar-refractivity contribution in [2.24, 2.45) is 28.1 Å². The minimum absolute atomic E-state index is 0.0422. The summed E-state index contributed by atoms with van der Waals surface area (Å²) in [7, 11) is 0. The molecule has 6 heteroatoms. The maximum absolute atomic E-state index is 13.0. The minimum Gasteiger partial charge on any atom is -0.459 e. The predicted molar refractivity (Wildman–Crippen MR) is 145 cm³/mol. The maximum atomic E-state index is 13.0. The predicted octanol–water partition coefficient (Wildman–Crippen LogP) is 6.36. The van der Waals surface area contributed by atoms with Crippen LogP contribution in [-0.2, 0) is 28.6 Å². The Morgan fingerprint density at radius 1 is 0.868 bits per heavy atom. The Labute approximate surface area is 229 Å². The summed E-state index contributed by atoms with van der Waals surface area (Å²) in [5.41, 5.74) is -2.14. The van der Waals surface area contributed by atoms with Gasteiger partial charge in [0.1, 0.15) is 16.8 Å². The van der Waals surface area contributed by atoms with Gasteiger partial charge in [0.25, 0.3) is 0 Å². The topological polar surface area (TPSA) is 78.9 Å². The summed E-state index contributed by atoms with van der Waals surface area (Å²) in [4.78, 5) is 38.2. The summed E-state index contributed by atoms with van der Waals surface area (Å²) in [5.74, 6) is 0.797. The number of esters is 1. The molecule has 214 valence electrons. The first-order chi connectivity index (χ1) is 17.5. The SMILES string of the molecule is CC(=O)O[C@]1(C)CC[C@@H]2OC(C)(C)C(=O)CC[C@@]2(C)[C@@H]1CC[C@]12C[C@]13CCC(=O)C(C)(C)O[C@H]3CC[C@H]2C. The number of fused-ring (bicyclic) bond motifs is 1. The van der Waals surface area contributed by atoms with E-state index in [0.29, 0.717) is 18.8 Å². The van der Waals surface area contributed by atoms with E-state index in [0.717, 1.165) is 57.8 Å². The molecule has 2 heterocycles. The number of rotatable bonds is 4. The van der Waals surface area contributed by atoms with Gasteiger partial charge in [0.15, 0.2) is 11.6 Å². The van der Waals surface area contributed by atoms with Crippen LogP contribution in [0.15, 0.2) is 0 Å².